The van der Waals surface area contributed by atoms with E-state index in [2.05, 4.69) is 0 Å². The lowest BCUT2D eigenvalue weighted by molar-refractivity contribution is -0.102. The highest BCUT2D eigenvalue weighted by molar-refractivity contribution is 4.86. The van der Waals surface area contributed by atoms with E-state index in [-0.39, 0.29) is 0 Å². The van der Waals surface area contributed by atoms with Gasteiger partial charge in [0.15, 0.2) is 0 Å². The lowest BCUT2D eigenvalue weighted by Crippen LogP contribution is -2.42. The molecule has 0 aromatic heterocycles. The summed E-state index contributed by atoms with van der Waals surface area (Å²) in [6, 6.07) is 0. The first-order valence-corrected chi connectivity index (χ1v) is 5.24. The fourth-order valence-electron chi connectivity index (χ4n) is 2.30. The lowest BCUT2D eigenvalue weighted by Gasteiger charge is -2.42. The van der Waals surface area contributed by atoms with E-state index < -0.39 is 0 Å². The minimum absolute atomic E-state index is 0.313. The quantitative estimate of drug-likeness (QED) is 0.660. The standard InChI is InChI=1S/C10H19NO2/c11-7-9-1-2-10(8-13-9)3-5-12-6-4-10/h9H,1-8,11H2. The molecule has 0 aliphatic carbocycles. The van der Waals surface area contributed by atoms with Crippen LogP contribution in [0.5, 0.6) is 0 Å². The lowest BCUT2D eigenvalue weighted by atomic mass is 9.75. The summed E-state index contributed by atoms with van der Waals surface area (Å²) in [6.45, 7) is 3.40. The van der Waals surface area contributed by atoms with Crippen LogP contribution in [0.4, 0.5) is 0 Å². The normalized spacial score (nSPS) is 33.5. The summed E-state index contributed by atoms with van der Waals surface area (Å²) in [5.41, 5.74) is 6.01. The summed E-state index contributed by atoms with van der Waals surface area (Å²) >= 11 is 0. The van der Waals surface area contributed by atoms with Gasteiger partial charge in [-0.05, 0) is 31.1 Å². The molecule has 76 valence electrons. The molecule has 2 N–H and O–H groups in total. The van der Waals surface area contributed by atoms with Gasteiger partial charge >= 0.3 is 0 Å². The zero-order chi connectivity index (χ0) is 9.15. The predicted molar refractivity (Wildman–Crippen MR) is 50.5 cm³/mol. The van der Waals surface area contributed by atoms with Gasteiger partial charge in [0.1, 0.15) is 0 Å². The van der Waals surface area contributed by atoms with E-state index in [0.29, 0.717) is 18.1 Å². The highest BCUT2D eigenvalue weighted by Crippen LogP contribution is 2.39. The Labute approximate surface area is 79.6 Å². The molecule has 0 radical (unpaired) electrons. The van der Waals surface area contributed by atoms with E-state index in [1.54, 1.807) is 0 Å². The van der Waals surface area contributed by atoms with Gasteiger partial charge in [-0.1, -0.05) is 0 Å². The molecule has 3 nitrogen and oxygen atoms in total. The number of hydrogen-bond donors (Lipinski definition) is 1. The van der Waals surface area contributed by atoms with Gasteiger partial charge in [0.25, 0.3) is 0 Å². The Kier molecular flexibility index (Phi) is 2.86. The van der Waals surface area contributed by atoms with Crippen LogP contribution in [0, 0.1) is 5.41 Å². The molecule has 2 fully saturated rings. The molecule has 2 heterocycles. The topological polar surface area (TPSA) is 44.5 Å². The van der Waals surface area contributed by atoms with E-state index in [1.807, 2.05) is 0 Å². The third-order valence-electron chi connectivity index (χ3n) is 3.44. The van der Waals surface area contributed by atoms with Gasteiger partial charge < -0.3 is 15.2 Å². The van der Waals surface area contributed by atoms with Crippen LogP contribution in [0.15, 0.2) is 0 Å². The number of hydrogen-bond acceptors (Lipinski definition) is 3. The average molecular weight is 185 g/mol. The molecule has 3 heteroatoms. The van der Waals surface area contributed by atoms with Gasteiger partial charge in [-0.2, -0.15) is 0 Å². The summed E-state index contributed by atoms with van der Waals surface area (Å²) in [7, 11) is 0. The van der Waals surface area contributed by atoms with Crippen molar-refractivity contribution in [1.82, 2.24) is 0 Å². The van der Waals surface area contributed by atoms with E-state index in [9.17, 15) is 0 Å². The summed E-state index contributed by atoms with van der Waals surface area (Å²) in [6.07, 6.45) is 5.07. The molecule has 2 aliphatic rings. The Bertz CT molecular complexity index is 156. The van der Waals surface area contributed by atoms with Crippen LogP contribution in [0.2, 0.25) is 0 Å². The van der Waals surface area contributed by atoms with E-state index >= 15 is 0 Å². The monoisotopic (exact) mass is 185 g/mol. The molecule has 1 atom stereocenters. The summed E-state index contributed by atoms with van der Waals surface area (Å²) in [4.78, 5) is 0. The number of rotatable bonds is 1. The van der Waals surface area contributed by atoms with Gasteiger partial charge in [0.05, 0.1) is 12.7 Å². The van der Waals surface area contributed by atoms with E-state index in [0.717, 1.165) is 26.2 Å². The van der Waals surface area contributed by atoms with Gasteiger partial charge in [0, 0.05) is 19.8 Å². The number of nitrogens with two attached hydrogens (primary N) is 1. The highest BCUT2D eigenvalue weighted by atomic mass is 16.5. The van der Waals surface area contributed by atoms with Crippen molar-refractivity contribution >= 4 is 0 Å². The molecule has 0 bridgehead atoms. The Morgan fingerprint density at radius 3 is 2.54 bits per heavy atom. The third kappa shape index (κ3) is 2.03. The van der Waals surface area contributed by atoms with Crippen molar-refractivity contribution in [2.45, 2.75) is 31.8 Å². The van der Waals surface area contributed by atoms with Crippen LogP contribution in [0.1, 0.15) is 25.7 Å². The summed E-state index contributed by atoms with van der Waals surface area (Å²) < 4.78 is 11.1. The SMILES string of the molecule is NCC1CCC2(CCOCC2)CO1. The second-order valence-electron chi connectivity index (χ2n) is 4.32. The molecule has 1 unspecified atom stereocenters. The van der Waals surface area contributed by atoms with Crippen LogP contribution < -0.4 is 5.73 Å². The zero-order valence-corrected chi connectivity index (χ0v) is 8.13. The first-order chi connectivity index (χ1) is 6.35. The minimum atomic E-state index is 0.313. The number of ether oxygens (including phenoxy) is 2. The average Bonchev–Trinajstić information content (AvgIpc) is 2.20. The summed E-state index contributed by atoms with van der Waals surface area (Å²) in [5.74, 6) is 0. The molecular formula is C10H19NO2. The van der Waals surface area contributed by atoms with Crippen molar-refractivity contribution in [3.05, 3.63) is 0 Å². The van der Waals surface area contributed by atoms with Gasteiger partial charge in [0.2, 0.25) is 0 Å². The smallest absolute Gasteiger partial charge is 0.0697 e. The second-order valence-corrected chi connectivity index (χ2v) is 4.32. The van der Waals surface area contributed by atoms with Crippen molar-refractivity contribution in [2.24, 2.45) is 11.1 Å². The first-order valence-electron chi connectivity index (χ1n) is 5.24. The molecule has 2 saturated heterocycles. The molecule has 0 saturated carbocycles. The maximum absolute atomic E-state index is 5.74. The minimum Gasteiger partial charge on any atom is -0.381 e. The van der Waals surface area contributed by atoms with E-state index in [1.165, 1.54) is 19.3 Å². The molecule has 0 amide bonds. The molecule has 2 rings (SSSR count). The van der Waals surface area contributed by atoms with Crippen LogP contribution in [0.3, 0.4) is 0 Å². The first kappa shape index (κ1) is 9.44. The predicted octanol–water partition coefficient (Wildman–Crippen LogP) is 0.921. The van der Waals surface area contributed by atoms with Crippen LogP contribution in [0.25, 0.3) is 0 Å². The Morgan fingerprint density at radius 1 is 1.23 bits per heavy atom. The fraction of sp³-hybridized carbons (Fsp3) is 1.00. The maximum atomic E-state index is 5.74. The van der Waals surface area contributed by atoms with E-state index in [4.69, 9.17) is 15.2 Å². The Balaban J connectivity index is 1.87. The second kappa shape index (κ2) is 3.95. The van der Waals surface area contributed by atoms with Gasteiger partial charge in [-0.3, -0.25) is 0 Å². The molecule has 0 aromatic carbocycles. The van der Waals surface area contributed by atoms with Crippen LogP contribution >= 0.6 is 0 Å². The van der Waals surface area contributed by atoms with Crippen molar-refractivity contribution < 1.29 is 9.47 Å². The Morgan fingerprint density at radius 2 is 2.00 bits per heavy atom. The van der Waals surface area contributed by atoms with Gasteiger partial charge in [-0.15, -0.1) is 0 Å². The van der Waals surface area contributed by atoms with Gasteiger partial charge in [-0.25, -0.2) is 0 Å². The van der Waals surface area contributed by atoms with Crippen molar-refractivity contribution in [3.8, 4) is 0 Å². The Hall–Kier alpha value is -0.120. The molecular weight excluding hydrogens is 166 g/mol. The van der Waals surface area contributed by atoms with Crippen molar-refractivity contribution in [1.29, 1.82) is 0 Å². The van der Waals surface area contributed by atoms with Crippen LogP contribution in [-0.4, -0.2) is 32.5 Å². The third-order valence-corrected chi connectivity index (χ3v) is 3.44. The fourth-order valence-corrected chi connectivity index (χ4v) is 2.30. The van der Waals surface area contributed by atoms with Crippen LogP contribution in [-0.2, 0) is 9.47 Å². The molecule has 1 spiro atoms. The molecule has 2 aliphatic heterocycles. The highest BCUT2D eigenvalue weighted by Gasteiger charge is 2.36. The summed E-state index contributed by atoms with van der Waals surface area (Å²) in [5, 5.41) is 0. The largest absolute Gasteiger partial charge is 0.381 e. The zero-order valence-electron chi connectivity index (χ0n) is 8.13. The molecule has 0 aromatic rings. The van der Waals surface area contributed by atoms with Crippen molar-refractivity contribution in [3.63, 3.8) is 0 Å². The maximum Gasteiger partial charge on any atom is 0.0697 e. The molecule has 13 heavy (non-hydrogen) atoms. The van der Waals surface area contributed by atoms with Crippen molar-refractivity contribution in [2.75, 3.05) is 26.4 Å².